The quantitative estimate of drug-likeness (QED) is 0.597. The topological polar surface area (TPSA) is 3.24 Å². The average molecular weight is 161 g/mol. The average Bonchev–Trinajstić information content (AvgIpc) is 1.76. The van der Waals surface area contributed by atoms with Gasteiger partial charge in [-0.05, 0) is 25.7 Å². The molecule has 0 bridgehead atoms. The minimum Gasteiger partial charge on any atom is -0.292 e. The molecule has 1 heterocycles. The molecule has 1 aliphatic heterocycles. The summed E-state index contributed by atoms with van der Waals surface area (Å²) in [5.41, 5.74) is 0.246. The minimum absolute atomic E-state index is 0. The van der Waals surface area contributed by atoms with Gasteiger partial charge >= 0.3 is 0 Å². The second kappa shape index (κ2) is 2.41. The van der Waals surface area contributed by atoms with E-state index in [0.717, 1.165) is 25.8 Å². The number of halogens is 2. The van der Waals surface area contributed by atoms with Crippen LogP contribution in [0.2, 0.25) is 0 Å². The molecule has 2 aliphatic rings. The summed E-state index contributed by atoms with van der Waals surface area (Å²) in [4.78, 5) is 1.96. The molecule has 11 heavy (non-hydrogen) atoms. The fraction of sp³-hybridized carbons (Fsp3) is 1.00. The first-order chi connectivity index (χ1) is 5.23. The lowest BCUT2D eigenvalue weighted by molar-refractivity contribution is -0.0973. The van der Waals surface area contributed by atoms with E-state index in [1.165, 1.54) is 6.42 Å². The smallest absolute Gasteiger partial charge is 0.251 e. The van der Waals surface area contributed by atoms with Crippen molar-refractivity contribution in [1.29, 1.82) is 0 Å². The van der Waals surface area contributed by atoms with E-state index in [-0.39, 0.29) is 12.1 Å². The first-order valence-corrected chi connectivity index (χ1v) is 4.26. The third kappa shape index (κ3) is 1.06. The van der Waals surface area contributed by atoms with Crippen LogP contribution in [0.15, 0.2) is 0 Å². The summed E-state index contributed by atoms with van der Waals surface area (Å²) >= 11 is 0. The Morgan fingerprint density at radius 2 is 2.00 bits per heavy atom. The van der Waals surface area contributed by atoms with Crippen molar-refractivity contribution in [1.82, 2.24) is 4.90 Å². The summed E-state index contributed by atoms with van der Waals surface area (Å²) in [6.45, 7) is 0.893. The first kappa shape index (κ1) is 7.47. The Kier molecular flexibility index (Phi) is 1.63. The van der Waals surface area contributed by atoms with Gasteiger partial charge < -0.3 is 0 Å². The zero-order chi connectivity index (χ0) is 7.90. The lowest BCUT2D eigenvalue weighted by atomic mass is 9.68. The van der Waals surface area contributed by atoms with Crippen molar-refractivity contribution in [3.63, 3.8) is 0 Å². The van der Waals surface area contributed by atoms with Gasteiger partial charge in [0.25, 0.3) is 6.43 Å². The number of nitrogens with zero attached hydrogens (tertiary/aromatic N) is 1. The van der Waals surface area contributed by atoms with Crippen LogP contribution in [0.4, 0.5) is 8.78 Å². The van der Waals surface area contributed by atoms with Gasteiger partial charge in [0, 0.05) is 12.1 Å². The van der Waals surface area contributed by atoms with Crippen LogP contribution in [0, 0.1) is 0 Å². The Morgan fingerprint density at radius 1 is 1.27 bits per heavy atom. The molecule has 0 radical (unpaired) electrons. The highest BCUT2D eigenvalue weighted by Gasteiger charge is 2.49. The van der Waals surface area contributed by atoms with E-state index in [9.17, 15) is 8.78 Å². The van der Waals surface area contributed by atoms with Gasteiger partial charge in [-0.15, -0.1) is 0 Å². The van der Waals surface area contributed by atoms with Crippen LogP contribution >= 0.6 is 0 Å². The number of likely N-dealkylation sites (tertiary alicyclic amines) is 1. The van der Waals surface area contributed by atoms with Crippen LogP contribution in [0.5, 0.6) is 0 Å². The molecular weight excluding hydrogens is 148 g/mol. The van der Waals surface area contributed by atoms with E-state index in [2.05, 4.69) is 0 Å². The maximum absolute atomic E-state index is 12.0. The van der Waals surface area contributed by atoms with E-state index in [1.807, 2.05) is 4.90 Å². The molecule has 0 unspecified atom stereocenters. The molecule has 1 aliphatic carbocycles. The van der Waals surface area contributed by atoms with Crippen LogP contribution < -0.4 is 0 Å². The molecule has 0 aromatic carbocycles. The van der Waals surface area contributed by atoms with Crippen molar-refractivity contribution in [2.24, 2.45) is 0 Å². The highest BCUT2D eigenvalue weighted by Crippen LogP contribution is 2.46. The Bertz CT molecular complexity index is 149. The van der Waals surface area contributed by atoms with Gasteiger partial charge in [-0.25, -0.2) is 8.78 Å². The molecule has 0 aromatic rings. The predicted octanol–water partition coefficient (Wildman–Crippen LogP) is 1.88. The molecule has 1 saturated carbocycles. The third-order valence-electron chi connectivity index (χ3n) is 3.16. The number of rotatable bonds is 2. The number of hydrogen-bond donors (Lipinski definition) is 0. The Balaban J connectivity index is 1.86. The Hall–Kier alpha value is -0.180. The molecule has 64 valence electrons. The molecule has 2 fully saturated rings. The van der Waals surface area contributed by atoms with Gasteiger partial charge in [0.1, 0.15) is 0 Å². The summed E-state index contributed by atoms with van der Waals surface area (Å²) < 4.78 is 23.9. The van der Waals surface area contributed by atoms with Crippen LogP contribution in [0.25, 0.3) is 0 Å². The largest absolute Gasteiger partial charge is 0.292 e. The maximum Gasteiger partial charge on any atom is 0.251 e. The van der Waals surface area contributed by atoms with Crippen molar-refractivity contribution in [2.45, 2.75) is 37.6 Å². The Labute approximate surface area is 65.4 Å². The maximum atomic E-state index is 12.0. The van der Waals surface area contributed by atoms with Crippen LogP contribution in [0.1, 0.15) is 25.7 Å². The van der Waals surface area contributed by atoms with Gasteiger partial charge in [0.05, 0.1) is 6.54 Å². The lowest BCUT2D eigenvalue weighted by Gasteiger charge is -2.58. The van der Waals surface area contributed by atoms with Gasteiger partial charge in [-0.3, -0.25) is 4.90 Å². The van der Waals surface area contributed by atoms with E-state index < -0.39 is 6.43 Å². The van der Waals surface area contributed by atoms with Crippen molar-refractivity contribution < 1.29 is 8.78 Å². The Morgan fingerprint density at radius 3 is 2.27 bits per heavy atom. The van der Waals surface area contributed by atoms with Gasteiger partial charge in [0.15, 0.2) is 0 Å². The third-order valence-corrected chi connectivity index (χ3v) is 3.16. The van der Waals surface area contributed by atoms with E-state index in [4.69, 9.17) is 0 Å². The van der Waals surface area contributed by atoms with Crippen molar-refractivity contribution >= 4 is 0 Å². The van der Waals surface area contributed by atoms with E-state index in [1.54, 1.807) is 0 Å². The molecule has 1 saturated heterocycles. The number of alkyl halides is 2. The lowest BCUT2D eigenvalue weighted by Crippen LogP contribution is -2.64. The second-order valence-electron chi connectivity index (χ2n) is 3.66. The summed E-state index contributed by atoms with van der Waals surface area (Å²) in [7, 11) is 0. The van der Waals surface area contributed by atoms with Crippen LogP contribution in [-0.4, -0.2) is 30.0 Å². The van der Waals surface area contributed by atoms with Crippen molar-refractivity contribution in [3.05, 3.63) is 0 Å². The van der Waals surface area contributed by atoms with Gasteiger partial charge in [-0.1, -0.05) is 0 Å². The summed E-state index contributed by atoms with van der Waals surface area (Å²) in [5, 5.41) is 0. The zero-order valence-corrected chi connectivity index (χ0v) is 6.52. The van der Waals surface area contributed by atoms with Crippen molar-refractivity contribution in [3.8, 4) is 0 Å². The fourth-order valence-electron chi connectivity index (χ4n) is 2.19. The van der Waals surface area contributed by atoms with Crippen LogP contribution in [-0.2, 0) is 0 Å². The predicted molar refractivity (Wildman–Crippen MR) is 38.8 cm³/mol. The highest BCUT2D eigenvalue weighted by molar-refractivity contribution is 5.05. The molecule has 1 spiro atoms. The molecule has 0 N–H and O–H groups in total. The van der Waals surface area contributed by atoms with E-state index >= 15 is 0 Å². The molecule has 0 amide bonds. The molecule has 0 atom stereocenters. The minimum atomic E-state index is -2.15. The number of hydrogen-bond acceptors (Lipinski definition) is 1. The summed E-state index contributed by atoms with van der Waals surface area (Å²) in [6.07, 6.45) is 2.55. The normalized spacial score (nSPS) is 28.6. The molecule has 2 rings (SSSR count). The monoisotopic (exact) mass is 161 g/mol. The molecular formula is C8H13F2N. The van der Waals surface area contributed by atoms with Gasteiger partial charge in [-0.2, -0.15) is 0 Å². The van der Waals surface area contributed by atoms with Crippen molar-refractivity contribution in [2.75, 3.05) is 13.1 Å². The summed E-state index contributed by atoms with van der Waals surface area (Å²) in [6, 6.07) is 0. The first-order valence-electron chi connectivity index (χ1n) is 4.26. The molecule has 3 heteroatoms. The molecule has 1 nitrogen and oxygen atoms in total. The zero-order valence-electron chi connectivity index (χ0n) is 6.52. The van der Waals surface area contributed by atoms with Gasteiger partial charge in [0.2, 0.25) is 0 Å². The standard InChI is InChI=1S/C8H13F2N/c9-7(10)6-11-5-4-8(11)2-1-3-8/h7H,1-6H2. The second-order valence-corrected chi connectivity index (χ2v) is 3.66. The highest BCUT2D eigenvalue weighted by atomic mass is 19.3. The SMILES string of the molecule is FC(F)CN1CCC12CCC2. The fourth-order valence-corrected chi connectivity index (χ4v) is 2.19. The van der Waals surface area contributed by atoms with E-state index in [0.29, 0.717) is 0 Å². The van der Waals surface area contributed by atoms with Crippen LogP contribution in [0.3, 0.4) is 0 Å². The molecule has 0 aromatic heterocycles. The summed E-state index contributed by atoms with van der Waals surface area (Å²) in [5.74, 6) is 0.